The van der Waals surface area contributed by atoms with Gasteiger partial charge in [0.05, 0.1) is 0 Å². The minimum Gasteiger partial charge on any atom is -0.289 e. The molecule has 0 aliphatic heterocycles. The fourth-order valence-corrected chi connectivity index (χ4v) is 1.29. The predicted molar refractivity (Wildman–Crippen MR) is 49.3 cm³/mol. The molecule has 5 heteroatoms. The van der Waals surface area contributed by atoms with E-state index in [1.54, 1.807) is 13.0 Å². The van der Waals surface area contributed by atoms with Crippen LogP contribution in [0.2, 0.25) is 0 Å². The zero-order chi connectivity index (χ0) is 10.1. The van der Waals surface area contributed by atoms with Crippen molar-refractivity contribution in [3.05, 3.63) is 40.1 Å². The number of hydrogen-bond acceptors (Lipinski definition) is 2. The zero-order valence-corrected chi connectivity index (χ0v) is 7.47. The Balaban J connectivity index is 2.57. The minimum atomic E-state index is -0.372. The van der Waals surface area contributed by atoms with Crippen LogP contribution in [0.5, 0.6) is 0 Å². The Morgan fingerprint density at radius 2 is 2.21 bits per heavy atom. The van der Waals surface area contributed by atoms with Gasteiger partial charge in [-0.2, -0.15) is 5.10 Å². The summed E-state index contributed by atoms with van der Waals surface area (Å²) in [4.78, 5) is 13.3. The van der Waals surface area contributed by atoms with E-state index in [1.165, 1.54) is 12.1 Å². The molecule has 0 aliphatic carbocycles. The highest BCUT2D eigenvalue weighted by Gasteiger charge is 2.05. The summed E-state index contributed by atoms with van der Waals surface area (Å²) in [7, 11) is 0. The molecule has 2 N–H and O–H groups in total. The van der Waals surface area contributed by atoms with Crippen LogP contribution in [0.4, 0.5) is 4.39 Å². The van der Waals surface area contributed by atoms with Gasteiger partial charge in [0.1, 0.15) is 5.82 Å². The number of nitrogens with zero attached hydrogens (tertiary/aromatic N) is 1. The highest BCUT2D eigenvalue weighted by molar-refractivity contribution is 5.58. The first-order valence-corrected chi connectivity index (χ1v) is 4.08. The number of benzene rings is 1. The average Bonchev–Trinajstić information content (AvgIpc) is 2.51. The van der Waals surface area contributed by atoms with Gasteiger partial charge in [0.2, 0.25) is 0 Å². The van der Waals surface area contributed by atoms with Gasteiger partial charge >= 0.3 is 5.69 Å². The molecule has 0 saturated carbocycles. The summed E-state index contributed by atoms with van der Waals surface area (Å²) in [6.45, 7) is 1.76. The van der Waals surface area contributed by atoms with E-state index in [2.05, 4.69) is 15.2 Å². The number of nitrogens with one attached hydrogen (secondary N) is 2. The summed E-state index contributed by atoms with van der Waals surface area (Å²) in [6, 6.07) is 4.30. The third-order valence-electron chi connectivity index (χ3n) is 1.94. The van der Waals surface area contributed by atoms with Crippen LogP contribution in [0.3, 0.4) is 0 Å². The average molecular weight is 193 g/mol. The van der Waals surface area contributed by atoms with E-state index in [0.717, 1.165) is 5.56 Å². The van der Waals surface area contributed by atoms with Crippen LogP contribution in [0.25, 0.3) is 11.4 Å². The van der Waals surface area contributed by atoms with Gasteiger partial charge in [-0.15, -0.1) is 0 Å². The number of aromatic nitrogens is 3. The molecule has 4 nitrogen and oxygen atoms in total. The standard InChI is InChI=1S/C9H8FN3O/c1-5-4-6(10)2-3-7(5)8-11-9(14)13-12-8/h2-4H,1H3,(H2,11,12,13,14). The van der Waals surface area contributed by atoms with Crippen molar-refractivity contribution >= 4 is 0 Å². The number of aryl methyl sites for hydroxylation is 1. The minimum absolute atomic E-state index is 0.302. The fraction of sp³-hybridized carbons (Fsp3) is 0.111. The Hall–Kier alpha value is -1.91. The molecule has 0 saturated heterocycles. The highest BCUT2D eigenvalue weighted by Crippen LogP contribution is 2.18. The molecule has 72 valence electrons. The topological polar surface area (TPSA) is 61.5 Å². The van der Waals surface area contributed by atoms with Crippen molar-refractivity contribution in [1.82, 2.24) is 15.2 Å². The number of aromatic amines is 2. The monoisotopic (exact) mass is 193 g/mol. The van der Waals surface area contributed by atoms with Crippen LogP contribution in [0, 0.1) is 12.7 Å². The first-order chi connectivity index (χ1) is 6.66. The summed E-state index contributed by atoms with van der Waals surface area (Å²) in [5.41, 5.74) is 1.07. The van der Waals surface area contributed by atoms with E-state index in [4.69, 9.17) is 0 Å². The van der Waals surface area contributed by atoms with Gasteiger partial charge < -0.3 is 0 Å². The predicted octanol–water partition coefficient (Wildman–Crippen LogP) is 1.21. The van der Waals surface area contributed by atoms with Crippen molar-refractivity contribution in [1.29, 1.82) is 0 Å². The van der Waals surface area contributed by atoms with E-state index in [1.807, 2.05) is 0 Å². The molecule has 0 amide bonds. The van der Waals surface area contributed by atoms with Crippen molar-refractivity contribution in [2.45, 2.75) is 6.92 Å². The molecule has 1 aromatic heterocycles. The molecule has 0 spiro atoms. The SMILES string of the molecule is Cc1cc(F)ccc1-c1n[nH]c(=O)[nH]1. The fourth-order valence-electron chi connectivity index (χ4n) is 1.29. The number of halogens is 1. The van der Waals surface area contributed by atoms with Gasteiger partial charge in [-0.3, -0.25) is 4.98 Å². The molecule has 0 aliphatic rings. The molecule has 0 atom stereocenters. The first kappa shape index (κ1) is 8.68. The van der Waals surface area contributed by atoms with Crippen molar-refractivity contribution in [2.24, 2.45) is 0 Å². The van der Waals surface area contributed by atoms with E-state index in [0.29, 0.717) is 11.4 Å². The lowest BCUT2D eigenvalue weighted by Crippen LogP contribution is -2.00. The molecule has 2 rings (SSSR count). The third-order valence-corrected chi connectivity index (χ3v) is 1.94. The molecule has 14 heavy (non-hydrogen) atoms. The Kier molecular flexibility index (Phi) is 1.92. The molecule has 0 fully saturated rings. The van der Waals surface area contributed by atoms with Gasteiger partial charge in [-0.25, -0.2) is 14.3 Å². The number of H-pyrrole nitrogens is 2. The summed E-state index contributed by atoms with van der Waals surface area (Å²) in [6.07, 6.45) is 0. The largest absolute Gasteiger partial charge is 0.340 e. The second-order valence-electron chi connectivity index (χ2n) is 2.99. The van der Waals surface area contributed by atoms with E-state index in [-0.39, 0.29) is 11.5 Å². The lowest BCUT2D eigenvalue weighted by molar-refractivity contribution is 0.627. The maximum atomic E-state index is 12.8. The highest BCUT2D eigenvalue weighted by atomic mass is 19.1. The maximum absolute atomic E-state index is 12.8. The Bertz CT molecular complexity index is 515. The van der Waals surface area contributed by atoms with Gasteiger partial charge in [0.15, 0.2) is 5.82 Å². The molecule has 1 heterocycles. The van der Waals surface area contributed by atoms with E-state index in [9.17, 15) is 9.18 Å². The zero-order valence-electron chi connectivity index (χ0n) is 7.47. The van der Waals surface area contributed by atoms with Crippen molar-refractivity contribution < 1.29 is 4.39 Å². The lowest BCUT2D eigenvalue weighted by Gasteiger charge is -2.00. The smallest absolute Gasteiger partial charge is 0.289 e. The maximum Gasteiger partial charge on any atom is 0.340 e. The van der Waals surface area contributed by atoms with E-state index < -0.39 is 0 Å². The number of hydrogen-bond donors (Lipinski definition) is 2. The van der Waals surface area contributed by atoms with Crippen LogP contribution >= 0.6 is 0 Å². The molecule has 2 aromatic rings. The quantitative estimate of drug-likeness (QED) is 0.715. The van der Waals surface area contributed by atoms with Crippen LogP contribution in [-0.2, 0) is 0 Å². The Morgan fingerprint density at radius 1 is 1.43 bits per heavy atom. The van der Waals surface area contributed by atoms with Crippen LogP contribution in [0.15, 0.2) is 23.0 Å². The van der Waals surface area contributed by atoms with Crippen molar-refractivity contribution in [2.75, 3.05) is 0 Å². The molecule has 1 aromatic carbocycles. The van der Waals surface area contributed by atoms with Crippen LogP contribution in [0.1, 0.15) is 5.56 Å². The molecule has 0 unspecified atom stereocenters. The first-order valence-electron chi connectivity index (χ1n) is 4.08. The summed E-state index contributed by atoms with van der Waals surface area (Å²) in [5, 5.41) is 6.02. The van der Waals surface area contributed by atoms with Gasteiger partial charge in [-0.05, 0) is 30.7 Å². The third kappa shape index (κ3) is 1.44. The van der Waals surface area contributed by atoms with Crippen LogP contribution < -0.4 is 5.69 Å². The Morgan fingerprint density at radius 3 is 2.79 bits per heavy atom. The normalized spacial score (nSPS) is 10.4. The number of rotatable bonds is 1. The molecular weight excluding hydrogens is 185 g/mol. The molecule has 0 bridgehead atoms. The van der Waals surface area contributed by atoms with Crippen molar-refractivity contribution in [3.8, 4) is 11.4 Å². The summed E-state index contributed by atoms with van der Waals surface area (Å²) < 4.78 is 12.8. The Labute approximate surface area is 78.8 Å². The molecule has 0 radical (unpaired) electrons. The van der Waals surface area contributed by atoms with E-state index >= 15 is 0 Å². The van der Waals surface area contributed by atoms with Crippen molar-refractivity contribution in [3.63, 3.8) is 0 Å². The molecular formula is C9H8FN3O. The van der Waals surface area contributed by atoms with Gasteiger partial charge in [0.25, 0.3) is 0 Å². The van der Waals surface area contributed by atoms with Crippen LogP contribution in [-0.4, -0.2) is 15.2 Å². The van der Waals surface area contributed by atoms with Gasteiger partial charge in [0, 0.05) is 5.56 Å². The summed E-state index contributed by atoms with van der Waals surface area (Å²) >= 11 is 0. The second kappa shape index (κ2) is 3.10. The summed E-state index contributed by atoms with van der Waals surface area (Å²) in [5.74, 6) is 0.122. The lowest BCUT2D eigenvalue weighted by atomic mass is 10.1. The van der Waals surface area contributed by atoms with Gasteiger partial charge in [-0.1, -0.05) is 0 Å². The second-order valence-corrected chi connectivity index (χ2v) is 2.99.